The molecule has 102 valence electrons. The van der Waals surface area contributed by atoms with Crippen molar-refractivity contribution in [3.05, 3.63) is 34.9 Å². The summed E-state index contributed by atoms with van der Waals surface area (Å²) in [7, 11) is 0. The van der Waals surface area contributed by atoms with Crippen molar-refractivity contribution in [1.29, 1.82) is 0 Å². The Morgan fingerprint density at radius 3 is 2.50 bits per heavy atom. The van der Waals surface area contributed by atoms with E-state index in [0.717, 1.165) is 19.5 Å². The fourth-order valence-electron chi connectivity index (χ4n) is 1.96. The van der Waals surface area contributed by atoms with Gasteiger partial charge in [0.05, 0.1) is 0 Å². The molecule has 0 aromatic heterocycles. The van der Waals surface area contributed by atoms with Gasteiger partial charge >= 0.3 is 0 Å². The summed E-state index contributed by atoms with van der Waals surface area (Å²) in [4.78, 5) is 0. The first-order chi connectivity index (χ1) is 8.30. The molecule has 1 rings (SSSR count). The maximum Gasteiger partial charge on any atom is 0.0136 e. The topological polar surface area (TPSA) is 38.0 Å². The Morgan fingerprint density at radius 2 is 1.94 bits per heavy atom. The molecule has 1 unspecified atom stereocenters. The van der Waals surface area contributed by atoms with Gasteiger partial charge in [-0.15, -0.1) is 0 Å². The Labute approximate surface area is 112 Å². The second kappa shape index (κ2) is 6.35. The zero-order valence-electron chi connectivity index (χ0n) is 12.5. The van der Waals surface area contributed by atoms with E-state index in [-0.39, 0.29) is 11.5 Å². The fourth-order valence-corrected chi connectivity index (χ4v) is 1.96. The molecule has 0 bridgehead atoms. The molecule has 0 saturated carbocycles. The molecule has 1 aromatic carbocycles. The maximum absolute atomic E-state index is 5.72. The van der Waals surface area contributed by atoms with E-state index in [4.69, 9.17) is 5.73 Å². The highest BCUT2D eigenvalue weighted by atomic mass is 14.9. The van der Waals surface area contributed by atoms with Crippen LogP contribution in [0.3, 0.4) is 0 Å². The summed E-state index contributed by atoms with van der Waals surface area (Å²) in [6.07, 6.45) is 1.07. The van der Waals surface area contributed by atoms with Crippen molar-refractivity contribution in [2.45, 2.75) is 52.5 Å². The van der Waals surface area contributed by atoms with Crippen LogP contribution in [-0.2, 0) is 11.8 Å². The van der Waals surface area contributed by atoms with Gasteiger partial charge in [0.2, 0.25) is 0 Å². The van der Waals surface area contributed by atoms with Gasteiger partial charge in [-0.25, -0.2) is 0 Å². The SMILES string of the molecule is Cc1ccc(C(C)(C)C)cc1CCNCC(C)N. The van der Waals surface area contributed by atoms with Crippen molar-refractivity contribution in [3.63, 3.8) is 0 Å². The van der Waals surface area contributed by atoms with Crippen molar-refractivity contribution < 1.29 is 0 Å². The molecule has 1 aromatic rings. The molecule has 3 N–H and O–H groups in total. The van der Waals surface area contributed by atoms with Gasteiger partial charge in [0.15, 0.2) is 0 Å². The van der Waals surface area contributed by atoms with Crippen LogP contribution in [0.4, 0.5) is 0 Å². The van der Waals surface area contributed by atoms with Crippen LogP contribution in [0, 0.1) is 6.92 Å². The van der Waals surface area contributed by atoms with Crippen LogP contribution in [0.2, 0.25) is 0 Å². The minimum Gasteiger partial charge on any atom is -0.327 e. The zero-order chi connectivity index (χ0) is 13.8. The Bertz CT molecular complexity index is 375. The van der Waals surface area contributed by atoms with E-state index < -0.39 is 0 Å². The Kier molecular flexibility index (Phi) is 5.36. The summed E-state index contributed by atoms with van der Waals surface area (Å²) < 4.78 is 0. The van der Waals surface area contributed by atoms with E-state index >= 15 is 0 Å². The van der Waals surface area contributed by atoms with Gasteiger partial charge in [0, 0.05) is 12.6 Å². The molecular weight excluding hydrogens is 220 g/mol. The highest BCUT2D eigenvalue weighted by Gasteiger charge is 2.14. The zero-order valence-corrected chi connectivity index (χ0v) is 12.5. The molecule has 2 nitrogen and oxygen atoms in total. The number of nitrogens with two attached hydrogens (primary N) is 1. The first-order valence-corrected chi connectivity index (χ1v) is 6.87. The third-order valence-corrected chi connectivity index (χ3v) is 3.25. The maximum atomic E-state index is 5.72. The van der Waals surface area contributed by atoms with Gasteiger partial charge in [-0.05, 0) is 48.9 Å². The van der Waals surface area contributed by atoms with Gasteiger partial charge in [-0.1, -0.05) is 39.0 Å². The lowest BCUT2D eigenvalue weighted by Crippen LogP contribution is -2.32. The lowest BCUT2D eigenvalue weighted by molar-refractivity contribution is 0.586. The number of rotatable bonds is 5. The minimum atomic E-state index is 0.224. The lowest BCUT2D eigenvalue weighted by Gasteiger charge is -2.21. The second-order valence-corrected chi connectivity index (χ2v) is 6.32. The van der Waals surface area contributed by atoms with Gasteiger partial charge < -0.3 is 11.1 Å². The summed E-state index contributed by atoms with van der Waals surface area (Å²) in [5.74, 6) is 0. The first-order valence-electron chi connectivity index (χ1n) is 6.87. The molecule has 0 amide bonds. The molecule has 0 saturated heterocycles. The van der Waals surface area contributed by atoms with E-state index in [1.165, 1.54) is 16.7 Å². The molecule has 0 heterocycles. The van der Waals surface area contributed by atoms with E-state index in [2.05, 4.69) is 51.2 Å². The fraction of sp³-hybridized carbons (Fsp3) is 0.625. The van der Waals surface area contributed by atoms with Crippen LogP contribution in [0.25, 0.3) is 0 Å². The quantitative estimate of drug-likeness (QED) is 0.786. The average Bonchev–Trinajstić information content (AvgIpc) is 2.24. The van der Waals surface area contributed by atoms with Gasteiger partial charge in [-0.2, -0.15) is 0 Å². The molecule has 0 radical (unpaired) electrons. The van der Waals surface area contributed by atoms with Crippen LogP contribution in [0.1, 0.15) is 44.4 Å². The molecule has 0 aliphatic carbocycles. The molecule has 0 fully saturated rings. The predicted octanol–water partition coefficient (Wildman–Crippen LogP) is 2.77. The molecule has 1 atom stereocenters. The normalized spacial score (nSPS) is 13.7. The Morgan fingerprint density at radius 1 is 1.28 bits per heavy atom. The summed E-state index contributed by atoms with van der Waals surface area (Å²) >= 11 is 0. The molecule has 18 heavy (non-hydrogen) atoms. The molecular formula is C16H28N2. The molecule has 0 aliphatic heterocycles. The highest BCUT2D eigenvalue weighted by Crippen LogP contribution is 2.24. The number of hydrogen-bond donors (Lipinski definition) is 2. The third-order valence-electron chi connectivity index (χ3n) is 3.25. The van der Waals surface area contributed by atoms with Gasteiger partial charge in [0.1, 0.15) is 0 Å². The van der Waals surface area contributed by atoms with Gasteiger partial charge in [0.25, 0.3) is 0 Å². The number of aryl methyl sites for hydroxylation is 1. The molecule has 2 heteroatoms. The van der Waals surface area contributed by atoms with E-state index in [1.807, 2.05) is 6.92 Å². The molecule has 0 aliphatic rings. The summed E-state index contributed by atoms with van der Waals surface area (Å²) in [5.41, 5.74) is 10.2. The largest absolute Gasteiger partial charge is 0.327 e. The number of nitrogens with one attached hydrogen (secondary N) is 1. The first kappa shape index (κ1) is 15.2. The van der Waals surface area contributed by atoms with Crippen LogP contribution in [-0.4, -0.2) is 19.1 Å². The van der Waals surface area contributed by atoms with Crippen LogP contribution in [0.5, 0.6) is 0 Å². The summed E-state index contributed by atoms with van der Waals surface area (Å²) in [6.45, 7) is 12.9. The second-order valence-electron chi connectivity index (χ2n) is 6.32. The number of hydrogen-bond acceptors (Lipinski definition) is 2. The lowest BCUT2D eigenvalue weighted by atomic mass is 9.85. The smallest absolute Gasteiger partial charge is 0.0136 e. The van der Waals surface area contributed by atoms with Crippen molar-refractivity contribution in [2.75, 3.05) is 13.1 Å². The van der Waals surface area contributed by atoms with Crippen molar-refractivity contribution in [3.8, 4) is 0 Å². The van der Waals surface area contributed by atoms with Crippen molar-refractivity contribution >= 4 is 0 Å². The summed E-state index contributed by atoms with van der Waals surface area (Å²) in [6, 6.07) is 7.06. The number of benzene rings is 1. The van der Waals surface area contributed by atoms with Crippen molar-refractivity contribution in [2.24, 2.45) is 5.73 Å². The van der Waals surface area contributed by atoms with Crippen LogP contribution < -0.4 is 11.1 Å². The predicted molar refractivity (Wildman–Crippen MR) is 80.1 cm³/mol. The Hall–Kier alpha value is -0.860. The van der Waals surface area contributed by atoms with Crippen LogP contribution in [0.15, 0.2) is 18.2 Å². The molecule has 0 spiro atoms. The Balaban J connectivity index is 2.64. The standard InChI is InChI=1S/C16H28N2/c1-12-6-7-15(16(3,4)5)10-14(12)8-9-18-11-13(2)17/h6-7,10,13,18H,8-9,11,17H2,1-5H3. The van der Waals surface area contributed by atoms with Crippen LogP contribution >= 0.6 is 0 Å². The third kappa shape index (κ3) is 4.79. The minimum absolute atomic E-state index is 0.224. The highest BCUT2D eigenvalue weighted by molar-refractivity contribution is 5.34. The van der Waals surface area contributed by atoms with Gasteiger partial charge in [-0.3, -0.25) is 0 Å². The van der Waals surface area contributed by atoms with Crippen molar-refractivity contribution in [1.82, 2.24) is 5.32 Å². The van der Waals surface area contributed by atoms with E-state index in [0.29, 0.717) is 0 Å². The van der Waals surface area contributed by atoms with E-state index in [9.17, 15) is 0 Å². The van der Waals surface area contributed by atoms with E-state index in [1.54, 1.807) is 0 Å². The monoisotopic (exact) mass is 248 g/mol. The average molecular weight is 248 g/mol. The summed E-state index contributed by atoms with van der Waals surface area (Å²) in [5, 5.41) is 3.39.